The maximum Gasteiger partial charge on any atom is 0.178 e. The highest BCUT2D eigenvalue weighted by molar-refractivity contribution is 14.1. The number of nitrogens with zero attached hydrogens (tertiary/aromatic N) is 2. The number of hydrogen-bond acceptors (Lipinski definition) is 3. The van der Waals surface area contributed by atoms with Crippen LogP contribution in [0.25, 0.3) is 0 Å². The normalized spacial score (nSPS) is 20.3. The summed E-state index contributed by atoms with van der Waals surface area (Å²) < 4.78 is 1.03. The van der Waals surface area contributed by atoms with Gasteiger partial charge in [0.1, 0.15) is 6.67 Å². The Kier molecular flexibility index (Phi) is 1.48. The van der Waals surface area contributed by atoms with E-state index in [0.29, 0.717) is 0 Å². The molecule has 7 heavy (non-hydrogen) atoms. The Bertz CT molecular complexity index is 100. The lowest BCUT2D eigenvalue weighted by atomic mass is 11.1. The molecule has 0 bridgehead atoms. The van der Waals surface area contributed by atoms with Gasteiger partial charge in [-0.05, 0) is 0 Å². The summed E-state index contributed by atoms with van der Waals surface area (Å²) in [6.07, 6.45) is 0. The minimum absolute atomic E-state index is 0.731. The van der Waals surface area contributed by atoms with Crippen LogP contribution >= 0.6 is 22.6 Å². The van der Waals surface area contributed by atoms with Crippen molar-refractivity contribution >= 4 is 26.4 Å². The molecule has 0 aromatic carbocycles. The first-order valence-corrected chi connectivity index (χ1v) is 3.06. The maximum atomic E-state index is 4.04. The standard InChI is InChI=1S/C3H6IN3/c1-7-3(4)5-2-6-7/h6H,2H2,1H3. The Morgan fingerprint density at radius 3 is 2.86 bits per heavy atom. The van der Waals surface area contributed by atoms with Crippen LogP contribution in [0, 0.1) is 0 Å². The smallest absolute Gasteiger partial charge is 0.178 e. The van der Waals surface area contributed by atoms with Crippen LogP contribution in [-0.2, 0) is 0 Å². The number of amidine groups is 1. The van der Waals surface area contributed by atoms with Crippen molar-refractivity contribution in [3.8, 4) is 0 Å². The van der Waals surface area contributed by atoms with Crippen molar-refractivity contribution in [1.82, 2.24) is 10.4 Å². The maximum absolute atomic E-state index is 4.04. The van der Waals surface area contributed by atoms with Crippen molar-refractivity contribution in [1.29, 1.82) is 0 Å². The molecule has 0 aromatic heterocycles. The first kappa shape index (κ1) is 5.30. The summed E-state index contributed by atoms with van der Waals surface area (Å²) in [4.78, 5) is 4.04. The van der Waals surface area contributed by atoms with Crippen LogP contribution in [0.5, 0.6) is 0 Å². The van der Waals surface area contributed by atoms with E-state index in [4.69, 9.17) is 0 Å². The van der Waals surface area contributed by atoms with Crippen LogP contribution in [0.3, 0.4) is 0 Å². The van der Waals surface area contributed by atoms with Crippen LogP contribution in [0.4, 0.5) is 0 Å². The summed E-state index contributed by atoms with van der Waals surface area (Å²) in [5.74, 6) is 0. The van der Waals surface area contributed by atoms with Crippen LogP contribution in [0.1, 0.15) is 0 Å². The van der Waals surface area contributed by atoms with E-state index in [-0.39, 0.29) is 0 Å². The van der Waals surface area contributed by atoms with Crippen LogP contribution in [0.15, 0.2) is 4.99 Å². The first-order chi connectivity index (χ1) is 3.30. The number of hydrazine groups is 1. The Morgan fingerprint density at radius 1 is 2.00 bits per heavy atom. The van der Waals surface area contributed by atoms with Crippen molar-refractivity contribution in [3.05, 3.63) is 0 Å². The molecule has 0 radical (unpaired) electrons. The van der Waals surface area contributed by atoms with Gasteiger partial charge in [-0.3, -0.25) is 5.01 Å². The first-order valence-electron chi connectivity index (χ1n) is 1.98. The van der Waals surface area contributed by atoms with Crippen molar-refractivity contribution in [2.24, 2.45) is 4.99 Å². The predicted octanol–water partition coefficient (Wildman–Crippen LogP) is 0.185. The van der Waals surface area contributed by atoms with E-state index >= 15 is 0 Å². The Labute approximate surface area is 55.9 Å². The van der Waals surface area contributed by atoms with E-state index in [2.05, 4.69) is 33.0 Å². The molecule has 1 aliphatic rings. The number of halogens is 1. The third-order valence-corrected chi connectivity index (χ3v) is 1.86. The van der Waals surface area contributed by atoms with Crippen LogP contribution in [0.2, 0.25) is 0 Å². The third-order valence-electron chi connectivity index (χ3n) is 0.794. The second-order valence-corrected chi connectivity index (χ2v) is 2.27. The summed E-state index contributed by atoms with van der Waals surface area (Å²) >= 11 is 2.17. The summed E-state index contributed by atoms with van der Waals surface area (Å²) in [6.45, 7) is 0.731. The average molecular weight is 211 g/mol. The molecule has 0 atom stereocenters. The number of hydrogen-bond donors (Lipinski definition) is 1. The molecule has 40 valence electrons. The van der Waals surface area contributed by atoms with Crippen molar-refractivity contribution in [2.45, 2.75) is 0 Å². The zero-order valence-corrected chi connectivity index (χ0v) is 6.14. The van der Waals surface area contributed by atoms with E-state index in [1.54, 1.807) is 0 Å². The second-order valence-electron chi connectivity index (χ2n) is 1.30. The van der Waals surface area contributed by atoms with Crippen molar-refractivity contribution < 1.29 is 0 Å². The molecule has 0 fully saturated rings. The van der Waals surface area contributed by atoms with Crippen LogP contribution < -0.4 is 5.43 Å². The molecule has 0 saturated heterocycles. The molecule has 0 spiro atoms. The molecule has 0 unspecified atom stereocenters. The molecule has 0 aromatic rings. The molecular weight excluding hydrogens is 205 g/mol. The molecule has 0 amide bonds. The minimum Gasteiger partial charge on any atom is -0.289 e. The van der Waals surface area contributed by atoms with Gasteiger partial charge in [0.15, 0.2) is 3.84 Å². The quantitative estimate of drug-likeness (QED) is 0.457. The topological polar surface area (TPSA) is 27.6 Å². The number of nitrogens with one attached hydrogen (secondary N) is 1. The van der Waals surface area contributed by atoms with Gasteiger partial charge in [-0.1, -0.05) is 0 Å². The second kappa shape index (κ2) is 1.95. The lowest BCUT2D eigenvalue weighted by molar-refractivity contribution is 0.417. The molecular formula is C3H6IN3. The lowest BCUT2D eigenvalue weighted by Gasteiger charge is -2.06. The van der Waals surface area contributed by atoms with Crippen molar-refractivity contribution in [2.75, 3.05) is 13.7 Å². The highest BCUT2D eigenvalue weighted by Crippen LogP contribution is 1.98. The SMILES string of the molecule is CN1NCN=C1I. The van der Waals surface area contributed by atoms with Crippen LogP contribution in [-0.4, -0.2) is 22.6 Å². The third kappa shape index (κ3) is 1.03. The Balaban J connectivity index is 2.54. The summed E-state index contributed by atoms with van der Waals surface area (Å²) in [5, 5.41) is 1.89. The fraction of sp³-hybridized carbons (Fsp3) is 0.667. The zero-order valence-electron chi connectivity index (χ0n) is 3.98. The predicted molar refractivity (Wildman–Crippen MR) is 37.2 cm³/mol. The van der Waals surface area contributed by atoms with Gasteiger partial charge in [-0.25, -0.2) is 10.4 Å². The van der Waals surface area contributed by atoms with Gasteiger partial charge in [0.05, 0.1) is 0 Å². The summed E-state index contributed by atoms with van der Waals surface area (Å²) in [7, 11) is 1.94. The fourth-order valence-electron chi connectivity index (χ4n) is 0.378. The molecule has 1 aliphatic heterocycles. The van der Waals surface area contributed by atoms with E-state index < -0.39 is 0 Å². The molecule has 0 aliphatic carbocycles. The van der Waals surface area contributed by atoms with E-state index in [1.165, 1.54) is 0 Å². The van der Waals surface area contributed by atoms with E-state index in [0.717, 1.165) is 10.5 Å². The highest BCUT2D eigenvalue weighted by atomic mass is 127. The Hall–Kier alpha value is 0.160. The monoisotopic (exact) mass is 211 g/mol. The summed E-state index contributed by atoms with van der Waals surface area (Å²) in [6, 6.07) is 0. The molecule has 3 nitrogen and oxygen atoms in total. The molecule has 0 saturated carbocycles. The molecule has 1 N–H and O–H groups in total. The lowest BCUT2D eigenvalue weighted by Crippen LogP contribution is -2.29. The molecule has 1 heterocycles. The largest absolute Gasteiger partial charge is 0.289 e. The van der Waals surface area contributed by atoms with Gasteiger partial charge in [0.2, 0.25) is 0 Å². The number of rotatable bonds is 0. The highest BCUT2D eigenvalue weighted by Gasteiger charge is 2.04. The number of aliphatic imine (C=N–C) groups is 1. The minimum atomic E-state index is 0.731. The van der Waals surface area contributed by atoms with E-state index in [1.807, 2.05) is 12.1 Å². The van der Waals surface area contributed by atoms with Gasteiger partial charge in [-0.15, -0.1) is 0 Å². The van der Waals surface area contributed by atoms with Gasteiger partial charge >= 0.3 is 0 Å². The van der Waals surface area contributed by atoms with Gasteiger partial charge in [0.25, 0.3) is 0 Å². The molecule has 4 heteroatoms. The average Bonchev–Trinajstić information content (AvgIpc) is 1.91. The van der Waals surface area contributed by atoms with Gasteiger partial charge in [-0.2, -0.15) is 0 Å². The fourth-order valence-corrected chi connectivity index (χ4v) is 0.719. The van der Waals surface area contributed by atoms with Crippen molar-refractivity contribution in [3.63, 3.8) is 0 Å². The van der Waals surface area contributed by atoms with E-state index in [9.17, 15) is 0 Å². The van der Waals surface area contributed by atoms with Gasteiger partial charge < -0.3 is 0 Å². The van der Waals surface area contributed by atoms with Gasteiger partial charge in [0, 0.05) is 29.6 Å². The zero-order chi connectivity index (χ0) is 5.28. The molecule has 1 rings (SSSR count). The summed E-state index contributed by atoms with van der Waals surface area (Å²) in [5.41, 5.74) is 2.99. The Morgan fingerprint density at radius 2 is 2.71 bits per heavy atom.